The highest BCUT2D eigenvalue weighted by atomic mass is 16.6. The maximum absolute atomic E-state index is 13.8. The smallest absolute Gasteiger partial charge is 0.348 e. The van der Waals surface area contributed by atoms with Gasteiger partial charge in [0.1, 0.15) is 6.61 Å². The van der Waals surface area contributed by atoms with E-state index in [2.05, 4.69) is 9.97 Å². The summed E-state index contributed by atoms with van der Waals surface area (Å²) < 4.78 is 23.5. The first kappa shape index (κ1) is 30.5. The Morgan fingerprint density at radius 2 is 1.41 bits per heavy atom. The molecule has 228 valence electrons. The third-order valence-electron chi connectivity index (χ3n) is 7.68. The largest absolute Gasteiger partial charge is 0.493 e. The predicted molar refractivity (Wildman–Crippen MR) is 162 cm³/mol. The van der Waals surface area contributed by atoms with E-state index in [-0.39, 0.29) is 11.9 Å². The molecule has 2 heterocycles. The second kappa shape index (κ2) is 13.1. The van der Waals surface area contributed by atoms with E-state index >= 15 is 0 Å². The zero-order valence-corrected chi connectivity index (χ0v) is 25.1. The summed E-state index contributed by atoms with van der Waals surface area (Å²) in [6.07, 6.45) is -1.03. The number of ether oxygens (including phenoxy) is 4. The average molecular weight is 598 g/mol. The second-order valence-corrected chi connectivity index (χ2v) is 10.6. The first-order valence-electron chi connectivity index (χ1n) is 14.2. The van der Waals surface area contributed by atoms with E-state index < -0.39 is 24.3 Å². The maximum Gasteiger partial charge on any atom is 0.348 e. The van der Waals surface area contributed by atoms with Crippen LogP contribution >= 0.6 is 0 Å². The molecule has 1 unspecified atom stereocenters. The summed E-state index contributed by atoms with van der Waals surface area (Å²) in [6.45, 7) is 3.95. The van der Waals surface area contributed by atoms with Gasteiger partial charge in [0.05, 0.1) is 14.2 Å². The molecule has 5 rings (SSSR count). The number of amides is 1. The molecule has 1 aromatic heterocycles. The molecule has 0 spiro atoms. The molecule has 0 radical (unpaired) electrons. The molecule has 1 N–H and O–H groups in total. The van der Waals surface area contributed by atoms with Crippen LogP contribution in [0.1, 0.15) is 33.6 Å². The Kier molecular flexibility index (Phi) is 9.10. The van der Waals surface area contributed by atoms with Gasteiger partial charge in [0.2, 0.25) is 12.0 Å². The van der Waals surface area contributed by atoms with Crippen LogP contribution in [0.25, 0.3) is 0 Å². The number of aryl methyl sites for hydroxylation is 2. The van der Waals surface area contributed by atoms with Gasteiger partial charge in [-0.05, 0) is 60.7 Å². The fourth-order valence-corrected chi connectivity index (χ4v) is 5.61. The number of methoxy groups -OCH3 is 2. The van der Waals surface area contributed by atoms with Gasteiger partial charge in [0.15, 0.2) is 17.1 Å². The molecule has 0 bridgehead atoms. The van der Waals surface area contributed by atoms with E-state index in [1.165, 1.54) is 0 Å². The highest BCUT2D eigenvalue weighted by Gasteiger charge is 2.50. The minimum absolute atomic E-state index is 0.0990. The molecule has 10 heteroatoms. The standard InChI is InChI=1S/C34H35N3O7/c1-22-17-23(2)36-33(35-22)44-31(32(39)40)34(26-11-7-5-8-12-26,27-13-9-6-10-14-27)43-21-30(38)37-16-15-24-18-28(41-3)29(42-4)19-25(24)20-37/h5-14,17-19,31H,15-16,20-21H2,1-4H3,(H,39,40). The molecule has 1 aliphatic rings. The molecule has 1 aliphatic heterocycles. The molecule has 1 amide bonds. The van der Waals surface area contributed by atoms with Gasteiger partial charge >= 0.3 is 12.0 Å². The molecular formula is C34H35N3O7. The number of carboxylic acid groups (broad SMARTS) is 1. The summed E-state index contributed by atoms with van der Waals surface area (Å²) in [5.41, 5.74) is 2.51. The van der Waals surface area contributed by atoms with E-state index in [1.54, 1.807) is 87.6 Å². The zero-order chi connectivity index (χ0) is 31.3. The molecule has 1 atom stereocenters. The number of carbonyl (C=O) groups excluding carboxylic acids is 1. The van der Waals surface area contributed by atoms with Crippen molar-refractivity contribution in [3.63, 3.8) is 0 Å². The van der Waals surface area contributed by atoms with E-state index in [0.29, 0.717) is 53.5 Å². The van der Waals surface area contributed by atoms with Crippen LogP contribution < -0.4 is 14.2 Å². The fraction of sp³-hybridized carbons (Fsp3) is 0.294. The van der Waals surface area contributed by atoms with Crippen molar-refractivity contribution in [3.8, 4) is 17.5 Å². The lowest BCUT2D eigenvalue weighted by Crippen LogP contribution is -2.52. The lowest BCUT2D eigenvalue weighted by atomic mass is 9.81. The average Bonchev–Trinajstić information content (AvgIpc) is 3.03. The number of hydrogen-bond donors (Lipinski definition) is 1. The van der Waals surface area contributed by atoms with Gasteiger partial charge in [0.25, 0.3) is 0 Å². The summed E-state index contributed by atoms with van der Waals surface area (Å²) in [5, 5.41) is 10.7. The van der Waals surface area contributed by atoms with Crippen LogP contribution in [0.2, 0.25) is 0 Å². The quantitative estimate of drug-likeness (QED) is 0.267. The highest BCUT2D eigenvalue weighted by Crippen LogP contribution is 2.40. The third kappa shape index (κ3) is 6.21. The monoisotopic (exact) mass is 597 g/mol. The Morgan fingerprint density at radius 3 is 1.93 bits per heavy atom. The van der Waals surface area contributed by atoms with E-state index in [9.17, 15) is 14.7 Å². The van der Waals surface area contributed by atoms with E-state index in [1.807, 2.05) is 24.3 Å². The van der Waals surface area contributed by atoms with E-state index in [0.717, 1.165) is 11.1 Å². The van der Waals surface area contributed by atoms with Gasteiger partial charge in [-0.15, -0.1) is 0 Å². The first-order valence-corrected chi connectivity index (χ1v) is 14.2. The zero-order valence-electron chi connectivity index (χ0n) is 25.1. The Morgan fingerprint density at radius 1 is 0.864 bits per heavy atom. The van der Waals surface area contributed by atoms with Gasteiger partial charge in [-0.2, -0.15) is 0 Å². The number of rotatable bonds is 11. The van der Waals surface area contributed by atoms with Gasteiger partial charge in [0, 0.05) is 24.5 Å². The molecule has 0 aliphatic carbocycles. The number of carbonyl (C=O) groups is 2. The predicted octanol–water partition coefficient (Wildman–Crippen LogP) is 4.49. The minimum atomic E-state index is -1.74. The van der Waals surface area contributed by atoms with Crippen molar-refractivity contribution in [2.45, 2.75) is 38.5 Å². The summed E-state index contributed by atoms with van der Waals surface area (Å²) in [7, 11) is 3.16. The normalized spacial score (nSPS) is 13.5. The summed E-state index contributed by atoms with van der Waals surface area (Å²) in [5.74, 6) is -0.384. The van der Waals surface area contributed by atoms with Crippen LogP contribution in [0.15, 0.2) is 78.9 Å². The van der Waals surface area contributed by atoms with Crippen LogP contribution in [0.3, 0.4) is 0 Å². The summed E-state index contributed by atoms with van der Waals surface area (Å²) in [4.78, 5) is 37.2. The molecule has 0 fully saturated rings. The number of nitrogens with zero attached hydrogens (tertiary/aromatic N) is 3. The van der Waals surface area contributed by atoms with Crippen molar-refractivity contribution in [3.05, 3.63) is 113 Å². The Labute approximate surface area is 256 Å². The number of fused-ring (bicyclic) bond motifs is 1. The van der Waals surface area contributed by atoms with Crippen molar-refractivity contribution in [1.82, 2.24) is 14.9 Å². The number of carboxylic acids is 1. The second-order valence-electron chi connectivity index (χ2n) is 10.6. The Balaban J connectivity index is 1.52. The molecule has 4 aromatic rings. The third-order valence-corrected chi connectivity index (χ3v) is 7.68. The van der Waals surface area contributed by atoms with Crippen molar-refractivity contribution in [2.24, 2.45) is 0 Å². The van der Waals surface area contributed by atoms with Crippen LogP contribution in [-0.2, 0) is 32.9 Å². The number of benzene rings is 3. The van der Waals surface area contributed by atoms with Crippen LogP contribution in [0.5, 0.6) is 17.5 Å². The number of hydrogen-bond acceptors (Lipinski definition) is 8. The Bertz CT molecular complexity index is 1570. The maximum atomic E-state index is 13.8. The number of aromatic nitrogens is 2. The van der Waals surface area contributed by atoms with Crippen LogP contribution in [0, 0.1) is 13.8 Å². The Hall–Kier alpha value is -4.96. The molecular weight excluding hydrogens is 562 g/mol. The van der Waals surface area contributed by atoms with Gasteiger partial charge in [-0.25, -0.2) is 14.8 Å². The molecule has 0 saturated carbocycles. The van der Waals surface area contributed by atoms with Crippen LogP contribution in [-0.4, -0.2) is 65.3 Å². The SMILES string of the molecule is COc1cc2c(cc1OC)CN(C(=O)COC(c1ccccc1)(c1ccccc1)C(Oc1nc(C)cc(C)n1)C(=O)O)CC2. The molecule has 10 nitrogen and oxygen atoms in total. The lowest BCUT2D eigenvalue weighted by molar-refractivity contribution is -0.169. The van der Waals surface area contributed by atoms with Crippen LogP contribution in [0.4, 0.5) is 0 Å². The molecule has 44 heavy (non-hydrogen) atoms. The lowest BCUT2D eigenvalue weighted by Gasteiger charge is -2.39. The van der Waals surface area contributed by atoms with Gasteiger partial charge < -0.3 is 29.0 Å². The fourth-order valence-electron chi connectivity index (χ4n) is 5.61. The van der Waals surface area contributed by atoms with Crippen molar-refractivity contribution < 1.29 is 33.6 Å². The minimum Gasteiger partial charge on any atom is -0.493 e. The van der Waals surface area contributed by atoms with Crippen molar-refractivity contribution in [2.75, 3.05) is 27.4 Å². The first-order chi connectivity index (χ1) is 21.2. The topological polar surface area (TPSA) is 120 Å². The highest BCUT2D eigenvalue weighted by molar-refractivity contribution is 5.79. The van der Waals surface area contributed by atoms with Crippen molar-refractivity contribution >= 4 is 11.9 Å². The van der Waals surface area contributed by atoms with Crippen molar-refractivity contribution in [1.29, 1.82) is 0 Å². The summed E-state index contributed by atoms with van der Waals surface area (Å²) >= 11 is 0. The van der Waals surface area contributed by atoms with Gasteiger partial charge in [-0.3, -0.25) is 4.79 Å². The van der Waals surface area contributed by atoms with E-state index in [4.69, 9.17) is 18.9 Å². The molecule has 3 aromatic carbocycles. The van der Waals surface area contributed by atoms with Gasteiger partial charge in [-0.1, -0.05) is 60.7 Å². The number of aliphatic carboxylic acids is 1. The molecule has 0 saturated heterocycles. The summed E-state index contributed by atoms with van der Waals surface area (Å²) in [6, 6.07) is 23.3.